The monoisotopic (exact) mass is 221 g/mol. The maximum atomic E-state index is 11.0. The van der Waals surface area contributed by atoms with Crippen molar-refractivity contribution in [3.63, 3.8) is 0 Å². The maximum absolute atomic E-state index is 11.0. The Morgan fingerprint density at radius 1 is 1.27 bits per heavy atom. The fourth-order valence-electron chi connectivity index (χ4n) is 0.430. The molecule has 0 amide bonds. The van der Waals surface area contributed by atoms with Crippen LogP contribution in [0.15, 0.2) is 0 Å². The zero-order chi connectivity index (χ0) is 9.07. The molecule has 11 heavy (non-hydrogen) atoms. The second-order valence-electron chi connectivity index (χ2n) is 1.84. The average Bonchev–Trinajstić information content (AvgIpc) is 1.53. The highest BCUT2D eigenvalue weighted by Crippen LogP contribution is 2.42. The quantitative estimate of drug-likeness (QED) is 0.585. The van der Waals surface area contributed by atoms with E-state index in [9.17, 15) is 4.57 Å². The van der Waals surface area contributed by atoms with Gasteiger partial charge in [0.1, 0.15) is 11.1 Å². The van der Waals surface area contributed by atoms with Gasteiger partial charge in [-0.3, -0.25) is 9.05 Å². The van der Waals surface area contributed by atoms with Crippen LogP contribution in [0.25, 0.3) is 0 Å². The Balaban J connectivity index is 3.91. The van der Waals surface area contributed by atoms with Gasteiger partial charge in [0.05, 0.1) is 0 Å². The van der Waals surface area contributed by atoms with Crippen molar-refractivity contribution >= 4 is 30.9 Å². The second kappa shape index (κ2) is 4.65. The summed E-state index contributed by atoms with van der Waals surface area (Å²) in [5.41, 5.74) is 3.54. The van der Waals surface area contributed by atoms with Gasteiger partial charge in [-0.2, -0.15) is 0 Å². The standard InChI is InChI=1S/C4H10Cl2NO3P/c1-3(5)9-11(7,8)10-4(2)6/h3-4H,1-2H3,(H2,7,8). The molecule has 0 aliphatic rings. The Labute approximate surface area is 75.5 Å². The third-order valence-electron chi connectivity index (χ3n) is 0.584. The van der Waals surface area contributed by atoms with Crippen LogP contribution in [0.4, 0.5) is 0 Å². The van der Waals surface area contributed by atoms with Crippen molar-refractivity contribution in [3.8, 4) is 0 Å². The zero-order valence-corrected chi connectivity index (χ0v) is 8.57. The predicted molar refractivity (Wildman–Crippen MR) is 44.6 cm³/mol. The third-order valence-corrected chi connectivity index (χ3v) is 2.23. The smallest absolute Gasteiger partial charge is 0.278 e. The van der Waals surface area contributed by atoms with Crippen molar-refractivity contribution in [1.29, 1.82) is 0 Å². The molecule has 7 heteroatoms. The van der Waals surface area contributed by atoms with Crippen molar-refractivity contribution in [2.75, 3.05) is 0 Å². The van der Waals surface area contributed by atoms with Gasteiger partial charge in [0.2, 0.25) is 0 Å². The van der Waals surface area contributed by atoms with Crippen molar-refractivity contribution in [2.24, 2.45) is 5.50 Å². The topological polar surface area (TPSA) is 61.5 Å². The fraction of sp³-hybridized carbons (Fsp3) is 1.00. The Morgan fingerprint density at radius 2 is 1.55 bits per heavy atom. The lowest BCUT2D eigenvalue weighted by Gasteiger charge is -2.15. The Morgan fingerprint density at radius 3 is 1.73 bits per heavy atom. The van der Waals surface area contributed by atoms with Crippen LogP contribution in [-0.2, 0) is 13.6 Å². The summed E-state index contributed by atoms with van der Waals surface area (Å²) in [6.45, 7) is 2.95. The lowest BCUT2D eigenvalue weighted by atomic mass is 10.9. The van der Waals surface area contributed by atoms with Crippen LogP contribution in [0.5, 0.6) is 0 Å². The molecule has 0 aromatic rings. The summed E-state index contributed by atoms with van der Waals surface area (Å²) in [5, 5.41) is 0. The lowest BCUT2D eigenvalue weighted by molar-refractivity contribution is 0.189. The normalized spacial score (nSPS) is 22.3. The van der Waals surface area contributed by atoms with E-state index in [0.717, 1.165) is 0 Å². The van der Waals surface area contributed by atoms with Crippen molar-refractivity contribution < 1.29 is 13.6 Å². The highest BCUT2D eigenvalue weighted by molar-refractivity contribution is 7.51. The molecule has 0 radical (unpaired) electrons. The van der Waals surface area contributed by atoms with Crippen molar-refractivity contribution in [1.82, 2.24) is 0 Å². The highest BCUT2D eigenvalue weighted by Gasteiger charge is 2.22. The van der Waals surface area contributed by atoms with Crippen LogP contribution < -0.4 is 5.50 Å². The molecule has 0 aliphatic heterocycles. The summed E-state index contributed by atoms with van der Waals surface area (Å²) < 4.78 is 20.1. The molecule has 0 aromatic carbocycles. The number of rotatable bonds is 4. The number of nitrogens with two attached hydrogens (primary N) is 1. The van der Waals surface area contributed by atoms with Crippen LogP contribution in [0, 0.1) is 0 Å². The first-order chi connectivity index (χ1) is 4.83. The number of hydrogen-bond donors (Lipinski definition) is 1. The van der Waals surface area contributed by atoms with E-state index in [-0.39, 0.29) is 0 Å². The molecule has 2 atom stereocenters. The molecular weight excluding hydrogens is 212 g/mol. The summed E-state index contributed by atoms with van der Waals surface area (Å²) in [7, 11) is -3.57. The lowest BCUT2D eigenvalue weighted by Crippen LogP contribution is -2.10. The first-order valence-electron chi connectivity index (χ1n) is 2.87. The highest BCUT2D eigenvalue weighted by atomic mass is 35.5. The number of alkyl halides is 2. The minimum Gasteiger partial charge on any atom is -0.278 e. The number of halogens is 2. The SMILES string of the molecule is CC(Cl)OP(N)(=O)OC(C)Cl. The van der Waals surface area contributed by atoms with Gasteiger partial charge in [0.15, 0.2) is 0 Å². The van der Waals surface area contributed by atoms with Crippen LogP contribution in [0.3, 0.4) is 0 Å². The molecule has 2 unspecified atom stereocenters. The first-order valence-corrected chi connectivity index (χ1v) is 5.35. The fourth-order valence-corrected chi connectivity index (χ4v) is 1.96. The molecule has 0 heterocycles. The maximum Gasteiger partial charge on any atom is 0.405 e. The second-order valence-corrected chi connectivity index (χ2v) is 4.57. The van der Waals surface area contributed by atoms with Crippen LogP contribution in [-0.4, -0.2) is 11.1 Å². The summed E-state index contributed by atoms with van der Waals surface area (Å²) >= 11 is 10.7. The summed E-state index contributed by atoms with van der Waals surface area (Å²) in [5.74, 6) is 0. The molecule has 0 aromatic heterocycles. The summed E-state index contributed by atoms with van der Waals surface area (Å²) in [4.78, 5) is 0. The van der Waals surface area contributed by atoms with E-state index in [1.165, 1.54) is 13.8 Å². The Hall–Kier alpha value is 0.690. The minimum atomic E-state index is -3.57. The minimum absolute atomic E-state index is 0.763. The largest absolute Gasteiger partial charge is 0.405 e. The number of hydrogen-bond acceptors (Lipinski definition) is 3. The molecule has 0 bridgehead atoms. The van der Waals surface area contributed by atoms with E-state index in [2.05, 4.69) is 9.05 Å². The van der Waals surface area contributed by atoms with Gasteiger partial charge >= 0.3 is 7.75 Å². The Kier molecular flexibility index (Phi) is 4.94. The molecule has 0 rings (SSSR count). The van der Waals surface area contributed by atoms with Gasteiger partial charge in [-0.05, 0) is 13.8 Å². The molecule has 2 N–H and O–H groups in total. The van der Waals surface area contributed by atoms with E-state index in [1.807, 2.05) is 0 Å². The van der Waals surface area contributed by atoms with E-state index in [0.29, 0.717) is 0 Å². The molecule has 0 fully saturated rings. The van der Waals surface area contributed by atoms with E-state index < -0.39 is 18.9 Å². The molecule has 4 nitrogen and oxygen atoms in total. The summed E-state index contributed by atoms with van der Waals surface area (Å²) in [6.07, 6.45) is 0. The van der Waals surface area contributed by atoms with Gasteiger partial charge in [-0.1, -0.05) is 23.2 Å². The molecule has 0 aliphatic carbocycles. The zero-order valence-electron chi connectivity index (χ0n) is 6.16. The van der Waals surface area contributed by atoms with Crippen LogP contribution in [0.2, 0.25) is 0 Å². The van der Waals surface area contributed by atoms with Gasteiger partial charge in [-0.15, -0.1) is 0 Å². The molecular formula is C4H10Cl2NO3P. The predicted octanol–water partition coefficient (Wildman–Crippen LogP) is 2.26. The van der Waals surface area contributed by atoms with E-state index in [1.54, 1.807) is 0 Å². The van der Waals surface area contributed by atoms with Crippen molar-refractivity contribution in [3.05, 3.63) is 0 Å². The van der Waals surface area contributed by atoms with E-state index >= 15 is 0 Å². The van der Waals surface area contributed by atoms with E-state index in [4.69, 9.17) is 28.7 Å². The third kappa shape index (κ3) is 7.06. The van der Waals surface area contributed by atoms with Gasteiger partial charge < -0.3 is 0 Å². The average molecular weight is 222 g/mol. The van der Waals surface area contributed by atoms with Crippen LogP contribution >= 0.6 is 30.9 Å². The van der Waals surface area contributed by atoms with Gasteiger partial charge in [0.25, 0.3) is 0 Å². The summed E-state index contributed by atoms with van der Waals surface area (Å²) in [6, 6.07) is 0. The van der Waals surface area contributed by atoms with Crippen molar-refractivity contribution in [2.45, 2.75) is 25.0 Å². The van der Waals surface area contributed by atoms with Crippen LogP contribution in [0.1, 0.15) is 13.8 Å². The molecule has 68 valence electrons. The van der Waals surface area contributed by atoms with Gasteiger partial charge in [0, 0.05) is 0 Å². The molecule has 0 spiro atoms. The first kappa shape index (κ1) is 11.7. The molecule has 0 saturated heterocycles. The Bertz CT molecular complexity index is 149. The van der Waals surface area contributed by atoms with Gasteiger partial charge in [-0.25, -0.2) is 10.1 Å². The molecule has 0 saturated carbocycles.